The molecule has 1 rings (SSSR count). The van der Waals surface area contributed by atoms with Crippen LogP contribution in [0.25, 0.3) is 0 Å². The quantitative estimate of drug-likeness (QED) is 0.826. The molecular weight excluding hydrogens is 236 g/mol. The lowest BCUT2D eigenvalue weighted by Gasteiger charge is -2.35. The molecule has 1 fully saturated rings. The Hall–Kier alpha value is -0.280. The number of amides is 1. The molecule has 0 heterocycles. The summed E-state index contributed by atoms with van der Waals surface area (Å²) in [5.74, 6) is 0.427. The van der Waals surface area contributed by atoms with Gasteiger partial charge in [-0.05, 0) is 26.8 Å². The zero-order chi connectivity index (χ0) is 12.0. The van der Waals surface area contributed by atoms with E-state index in [9.17, 15) is 4.79 Å². The summed E-state index contributed by atoms with van der Waals surface area (Å²) in [6.07, 6.45) is 6.32. The first-order valence-corrected chi connectivity index (χ1v) is 6.65. The fourth-order valence-corrected chi connectivity index (χ4v) is 2.66. The van der Waals surface area contributed by atoms with Gasteiger partial charge >= 0.3 is 0 Å². The molecule has 0 aromatic heterocycles. The maximum Gasteiger partial charge on any atom is 0.226 e. The van der Waals surface area contributed by atoms with Crippen LogP contribution >= 0.6 is 12.4 Å². The summed E-state index contributed by atoms with van der Waals surface area (Å²) in [6, 6.07) is 0.505. The normalized spacial score (nSPS) is 18.3. The van der Waals surface area contributed by atoms with Crippen LogP contribution in [0.1, 0.15) is 46.0 Å². The average molecular weight is 263 g/mol. The second kappa shape index (κ2) is 8.76. The van der Waals surface area contributed by atoms with Gasteiger partial charge in [-0.3, -0.25) is 4.79 Å². The molecule has 17 heavy (non-hydrogen) atoms. The predicted octanol–water partition coefficient (Wildman–Crippen LogP) is 2.44. The molecule has 4 heteroatoms. The second-order valence-electron chi connectivity index (χ2n) is 4.87. The highest BCUT2D eigenvalue weighted by atomic mass is 35.5. The van der Waals surface area contributed by atoms with E-state index in [1.54, 1.807) is 0 Å². The van der Waals surface area contributed by atoms with Gasteiger partial charge in [0.2, 0.25) is 5.91 Å². The van der Waals surface area contributed by atoms with Crippen LogP contribution in [0.3, 0.4) is 0 Å². The van der Waals surface area contributed by atoms with Gasteiger partial charge in [-0.2, -0.15) is 0 Å². The average Bonchev–Trinajstić information content (AvgIpc) is 2.31. The number of halogens is 1. The Morgan fingerprint density at radius 3 is 2.41 bits per heavy atom. The molecule has 1 N–H and O–H groups in total. The Bertz CT molecular complexity index is 217. The number of hydrogen-bond donors (Lipinski definition) is 1. The van der Waals surface area contributed by atoms with Crippen molar-refractivity contribution in [3.63, 3.8) is 0 Å². The van der Waals surface area contributed by atoms with Gasteiger partial charge in [0, 0.05) is 25.0 Å². The molecule has 0 radical (unpaired) electrons. The Labute approximate surface area is 112 Å². The molecule has 1 amide bonds. The molecule has 1 saturated carbocycles. The van der Waals surface area contributed by atoms with Gasteiger partial charge in [-0.15, -0.1) is 12.4 Å². The van der Waals surface area contributed by atoms with E-state index in [4.69, 9.17) is 0 Å². The molecule has 0 spiro atoms. The molecule has 1 aliphatic carbocycles. The van der Waals surface area contributed by atoms with Gasteiger partial charge in [0.05, 0.1) is 0 Å². The van der Waals surface area contributed by atoms with Crippen molar-refractivity contribution in [3.05, 3.63) is 0 Å². The fraction of sp³-hybridized carbons (Fsp3) is 0.923. The van der Waals surface area contributed by atoms with Crippen molar-refractivity contribution in [2.45, 2.75) is 52.0 Å². The van der Waals surface area contributed by atoms with Gasteiger partial charge in [0.15, 0.2) is 0 Å². The third-order valence-electron chi connectivity index (χ3n) is 3.57. The molecule has 1 aliphatic rings. The van der Waals surface area contributed by atoms with Crippen LogP contribution in [0.15, 0.2) is 0 Å². The van der Waals surface area contributed by atoms with E-state index in [0.29, 0.717) is 11.9 Å². The molecule has 102 valence electrons. The molecule has 0 aromatic rings. The standard InChI is InChI=1S/C13H26N2O.ClH/c1-4-15(12-8-6-5-7-9-12)13(16)11(2)10-14-3;/h11-12,14H,4-10H2,1-3H3;1H. The number of rotatable bonds is 5. The second-order valence-corrected chi connectivity index (χ2v) is 4.87. The highest BCUT2D eigenvalue weighted by Gasteiger charge is 2.26. The van der Waals surface area contributed by atoms with E-state index in [0.717, 1.165) is 13.1 Å². The number of nitrogens with zero attached hydrogens (tertiary/aromatic N) is 1. The molecule has 0 aromatic carbocycles. The van der Waals surface area contributed by atoms with Crippen LogP contribution in [0.2, 0.25) is 0 Å². The summed E-state index contributed by atoms with van der Waals surface area (Å²) in [4.78, 5) is 14.3. The minimum Gasteiger partial charge on any atom is -0.340 e. The van der Waals surface area contributed by atoms with E-state index < -0.39 is 0 Å². The summed E-state index contributed by atoms with van der Waals surface area (Å²) >= 11 is 0. The number of carbonyl (C=O) groups excluding carboxylic acids is 1. The minimum absolute atomic E-state index is 0. The molecule has 0 saturated heterocycles. The smallest absolute Gasteiger partial charge is 0.226 e. The Morgan fingerprint density at radius 1 is 1.35 bits per heavy atom. The summed E-state index contributed by atoms with van der Waals surface area (Å²) in [7, 11) is 1.90. The Morgan fingerprint density at radius 2 is 1.94 bits per heavy atom. The zero-order valence-corrected chi connectivity index (χ0v) is 12.2. The van der Waals surface area contributed by atoms with Gasteiger partial charge in [-0.1, -0.05) is 26.2 Å². The number of nitrogens with one attached hydrogen (secondary N) is 1. The molecule has 3 nitrogen and oxygen atoms in total. The fourth-order valence-electron chi connectivity index (χ4n) is 2.66. The third kappa shape index (κ3) is 4.84. The topological polar surface area (TPSA) is 32.3 Å². The maximum absolute atomic E-state index is 12.2. The van der Waals surface area contributed by atoms with Gasteiger partial charge in [-0.25, -0.2) is 0 Å². The van der Waals surface area contributed by atoms with E-state index in [2.05, 4.69) is 17.1 Å². The molecule has 1 unspecified atom stereocenters. The van der Waals surface area contributed by atoms with Crippen molar-refractivity contribution in [1.29, 1.82) is 0 Å². The lowest BCUT2D eigenvalue weighted by Crippen LogP contribution is -2.45. The van der Waals surface area contributed by atoms with Crippen molar-refractivity contribution < 1.29 is 4.79 Å². The highest BCUT2D eigenvalue weighted by Crippen LogP contribution is 2.23. The summed E-state index contributed by atoms with van der Waals surface area (Å²) in [5.41, 5.74) is 0. The predicted molar refractivity (Wildman–Crippen MR) is 74.6 cm³/mol. The first-order valence-electron chi connectivity index (χ1n) is 6.65. The Kier molecular flexibility index (Phi) is 8.61. The lowest BCUT2D eigenvalue weighted by molar-refractivity contribution is -0.137. The SMILES string of the molecule is CCN(C(=O)C(C)CNC)C1CCCCC1.Cl. The first kappa shape index (κ1) is 16.7. The first-order chi connectivity index (χ1) is 7.70. The van der Waals surface area contributed by atoms with E-state index in [1.807, 2.05) is 14.0 Å². The van der Waals surface area contributed by atoms with Crippen LogP contribution in [-0.4, -0.2) is 37.0 Å². The lowest BCUT2D eigenvalue weighted by atomic mass is 9.93. The van der Waals surface area contributed by atoms with Crippen LogP contribution in [0.4, 0.5) is 0 Å². The highest BCUT2D eigenvalue weighted by molar-refractivity contribution is 5.85. The molecule has 0 aliphatic heterocycles. The summed E-state index contributed by atoms with van der Waals surface area (Å²) < 4.78 is 0. The summed E-state index contributed by atoms with van der Waals surface area (Å²) in [6.45, 7) is 5.75. The zero-order valence-electron chi connectivity index (χ0n) is 11.4. The van der Waals surface area contributed by atoms with E-state index in [-0.39, 0.29) is 18.3 Å². The Balaban J connectivity index is 0.00000256. The van der Waals surface area contributed by atoms with Crippen molar-refractivity contribution in [2.75, 3.05) is 20.1 Å². The maximum atomic E-state index is 12.2. The molecule has 0 bridgehead atoms. The van der Waals surface area contributed by atoms with Crippen molar-refractivity contribution >= 4 is 18.3 Å². The van der Waals surface area contributed by atoms with Gasteiger partial charge in [0.1, 0.15) is 0 Å². The minimum atomic E-state index is 0. The van der Waals surface area contributed by atoms with Gasteiger partial charge in [0.25, 0.3) is 0 Å². The van der Waals surface area contributed by atoms with Crippen LogP contribution < -0.4 is 5.32 Å². The van der Waals surface area contributed by atoms with Gasteiger partial charge < -0.3 is 10.2 Å². The monoisotopic (exact) mass is 262 g/mol. The van der Waals surface area contributed by atoms with E-state index in [1.165, 1.54) is 32.1 Å². The van der Waals surface area contributed by atoms with Crippen molar-refractivity contribution in [3.8, 4) is 0 Å². The van der Waals surface area contributed by atoms with Crippen LogP contribution in [-0.2, 0) is 4.79 Å². The largest absolute Gasteiger partial charge is 0.340 e. The summed E-state index contributed by atoms with van der Waals surface area (Å²) in [5, 5.41) is 3.08. The number of carbonyl (C=O) groups is 1. The van der Waals surface area contributed by atoms with Crippen molar-refractivity contribution in [1.82, 2.24) is 10.2 Å². The van der Waals surface area contributed by atoms with Crippen LogP contribution in [0.5, 0.6) is 0 Å². The third-order valence-corrected chi connectivity index (χ3v) is 3.57. The van der Waals surface area contributed by atoms with Crippen LogP contribution in [0, 0.1) is 5.92 Å². The van der Waals surface area contributed by atoms with Crippen molar-refractivity contribution in [2.24, 2.45) is 5.92 Å². The van der Waals surface area contributed by atoms with E-state index >= 15 is 0 Å². The molecular formula is C13H27ClN2O. The molecule has 1 atom stereocenters. The number of hydrogen-bond acceptors (Lipinski definition) is 2.